The molecule has 1 aromatic heterocycles. The van der Waals surface area contributed by atoms with Gasteiger partial charge in [0.1, 0.15) is 11.2 Å². The summed E-state index contributed by atoms with van der Waals surface area (Å²) in [5.41, 5.74) is 19.1. The van der Waals surface area contributed by atoms with Gasteiger partial charge in [-0.1, -0.05) is 206 Å². The number of benzene rings is 10. The lowest BCUT2D eigenvalue weighted by Crippen LogP contribution is -2.28. The van der Waals surface area contributed by atoms with E-state index in [-0.39, 0.29) is 0 Å². The van der Waals surface area contributed by atoms with Crippen molar-refractivity contribution in [2.75, 3.05) is 4.90 Å². The third kappa shape index (κ3) is 5.95. The Kier molecular flexibility index (Phi) is 8.76. The second kappa shape index (κ2) is 15.1. The molecule has 0 saturated carbocycles. The number of nitrogens with zero attached hydrogens (tertiary/aromatic N) is 1. The van der Waals surface area contributed by atoms with E-state index in [2.05, 4.69) is 241 Å². The maximum atomic E-state index is 6.31. The van der Waals surface area contributed by atoms with Gasteiger partial charge in [-0.3, -0.25) is 0 Å². The molecule has 10 aromatic carbocycles. The van der Waals surface area contributed by atoms with Gasteiger partial charge in [-0.25, -0.2) is 0 Å². The molecule has 0 unspecified atom stereocenters. The van der Waals surface area contributed by atoms with Crippen molar-refractivity contribution in [1.29, 1.82) is 0 Å². The van der Waals surface area contributed by atoms with Crippen LogP contribution in [0.3, 0.4) is 0 Å². The zero-order chi connectivity index (χ0) is 41.7. The van der Waals surface area contributed by atoms with Gasteiger partial charge < -0.3 is 9.32 Å². The van der Waals surface area contributed by atoms with Gasteiger partial charge in [-0.2, -0.15) is 0 Å². The summed E-state index contributed by atoms with van der Waals surface area (Å²) in [6.07, 6.45) is 0. The quantitative estimate of drug-likeness (QED) is 0.152. The highest BCUT2D eigenvalue weighted by Gasteiger charge is 2.47. The Bertz CT molecular complexity index is 3380. The first kappa shape index (κ1) is 36.6. The molecule has 0 radical (unpaired) electrons. The minimum atomic E-state index is -0.519. The summed E-state index contributed by atoms with van der Waals surface area (Å²) in [5, 5.41) is 2.26. The number of hydrogen-bond donors (Lipinski definition) is 0. The third-order valence-electron chi connectivity index (χ3n) is 13.0. The van der Waals surface area contributed by atoms with E-state index in [4.69, 9.17) is 4.42 Å². The number of furan rings is 1. The Balaban J connectivity index is 1.07. The summed E-state index contributed by atoms with van der Waals surface area (Å²) in [6.45, 7) is 0. The van der Waals surface area contributed by atoms with Crippen LogP contribution in [0, 0.1) is 0 Å². The van der Waals surface area contributed by atoms with Crippen molar-refractivity contribution in [2.24, 2.45) is 0 Å². The minimum absolute atomic E-state index is 0.519. The molecule has 1 heterocycles. The fourth-order valence-corrected chi connectivity index (χ4v) is 10.2. The Hall–Kier alpha value is -8.20. The van der Waals surface area contributed by atoms with Crippen molar-refractivity contribution >= 4 is 39.0 Å². The fourth-order valence-electron chi connectivity index (χ4n) is 10.2. The molecule has 0 fully saturated rings. The topological polar surface area (TPSA) is 16.4 Å². The van der Waals surface area contributed by atoms with Crippen LogP contribution in [0.2, 0.25) is 0 Å². The van der Waals surface area contributed by atoms with E-state index >= 15 is 0 Å². The van der Waals surface area contributed by atoms with E-state index in [9.17, 15) is 0 Å². The van der Waals surface area contributed by atoms with Gasteiger partial charge >= 0.3 is 0 Å². The summed E-state index contributed by atoms with van der Waals surface area (Å²) in [7, 11) is 0. The van der Waals surface area contributed by atoms with E-state index in [0.717, 1.165) is 55.7 Å². The van der Waals surface area contributed by atoms with Crippen LogP contribution in [0.5, 0.6) is 0 Å². The number of hydrogen-bond acceptors (Lipinski definition) is 2. The lowest BCUT2D eigenvalue weighted by atomic mass is 9.68. The minimum Gasteiger partial charge on any atom is -0.456 e. The van der Waals surface area contributed by atoms with Gasteiger partial charge in [0, 0.05) is 27.7 Å². The largest absolute Gasteiger partial charge is 0.456 e. The number of fused-ring (bicyclic) bond motifs is 6. The van der Waals surface area contributed by atoms with Gasteiger partial charge in [0.05, 0.1) is 11.1 Å². The Morgan fingerprint density at radius 1 is 0.333 bits per heavy atom. The van der Waals surface area contributed by atoms with Crippen molar-refractivity contribution < 1.29 is 4.42 Å². The van der Waals surface area contributed by atoms with Crippen molar-refractivity contribution in [3.63, 3.8) is 0 Å². The molecule has 12 rings (SSSR count). The van der Waals surface area contributed by atoms with E-state index < -0.39 is 5.41 Å². The van der Waals surface area contributed by atoms with E-state index in [1.165, 1.54) is 50.1 Å². The second-order valence-electron chi connectivity index (χ2n) is 16.4. The van der Waals surface area contributed by atoms with Gasteiger partial charge in [0.15, 0.2) is 0 Å². The molecule has 2 nitrogen and oxygen atoms in total. The number of para-hydroxylation sites is 1. The molecule has 0 saturated heterocycles. The Morgan fingerprint density at radius 3 is 1.60 bits per heavy atom. The average Bonchev–Trinajstić information content (AvgIpc) is 3.90. The average molecular weight is 804 g/mol. The summed E-state index contributed by atoms with van der Waals surface area (Å²) < 4.78 is 6.31. The predicted molar refractivity (Wildman–Crippen MR) is 262 cm³/mol. The maximum Gasteiger partial charge on any atom is 0.136 e. The predicted octanol–water partition coefficient (Wildman–Crippen LogP) is 16.4. The normalized spacial score (nSPS) is 12.6. The molecule has 0 atom stereocenters. The van der Waals surface area contributed by atoms with Crippen LogP contribution in [-0.2, 0) is 5.41 Å². The zero-order valence-electron chi connectivity index (χ0n) is 34.5. The molecule has 11 aromatic rings. The smallest absolute Gasteiger partial charge is 0.136 e. The number of rotatable bonds is 8. The van der Waals surface area contributed by atoms with Gasteiger partial charge in [-0.15, -0.1) is 0 Å². The second-order valence-corrected chi connectivity index (χ2v) is 16.4. The first-order valence-corrected chi connectivity index (χ1v) is 21.7. The van der Waals surface area contributed by atoms with Gasteiger partial charge in [0.2, 0.25) is 0 Å². The van der Waals surface area contributed by atoms with Crippen molar-refractivity contribution in [3.05, 3.63) is 271 Å². The molecule has 1 aliphatic rings. The molecule has 0 bridgehead atoms. The van der Waals surface area contributed by atoms with Gasteiger partial charge in [-0.05, 0) is 104 Å². The highest BCUT2D eigenvalue weighted by atomic mass is 16.3. The van der Waals surface area contributed by atoms with Crippen molar-refractivity contribution in [2.45, 2.75) is 5.41 Å². The van der Waals surface area contributed by atoms with Crippen LogP contribution in [0.4, 0.5) is 17.1 Å². The SMILES string of the molecule is c1ccc(-c2ccc(-c3cccc(N(c4ccc(-c5cccc6oc7ccccc7c56)cc4)c4cccc5c4-c4ccccc4C5(c4ccccc4)c4ccccc4)c3)cc2)cc1. The van der Waals surface area contributed by atoms with Gasteiger partial charge in [0.25, 0.3) is 0 Å². The maximum absolute atomic E-state index is 6.31. The molecule has 0 spiro atoms. The van der Waals surface area contributed by atoms with Crippen molar-refractivity contribution in [3.8, 4) is 44.5 Å². The number of anilines is 3. The lowest BCUT2D eigenvalue weighted by molar-refractivity contribution is 0.669. The molecule has 0 N–H and O–H groups in total. The monoisotopic (exact) mass is 803 g/mol. The summed E-state index contributed by atoms with van der Waals surface area (Å²) in [5.74, 6) is 0. The summed E-state index contributed by atoms with van der Waals surface area (Å²) in [4.78, 5) is 2.46. The van der Waals surface area contributed by atoms with E-state index in [0.29, 0.717) is 0 Å². The summed E-state index contributed by atoms with van der Waals surface area (Å²) in [6, 6.07) is 90.3. The Morgan fingerprint density at radius 2 is 0.857 bits per heavy atom. The highest BCUT2D eigenvalue weighted by molar-refractivity contribution is 6.12. The van der Waals surface area contributed by atoms with Crippen LogP contribution < -0.4 is 4.90 Å². The highest BCUT2D eigenvalue weighted by Crippen LogP contribution is 2.59. The zero-order valence-corrected chi connectivity index (χ0v) is 34.5. The molecular weight excluding hydrogens is 763 g/mol. The van der Waals surface area contributed by atoms with Crippen LogP contribution in [0.1, 0.15) is 22.3 Å². The molecule has 296 valence electrons. The summed E-state index contributed by atoms with van der Waals surface area (Å²) >= 11 is 0. The van der Waals surface area contributed by atoms with Crippen LogP contribution in [-0.4, -0.2) is 0 Å². The standard InChI is InChI=1S/C61H41NO/c1-4-17-42(18-5-1)43-33-35-44(36-34-43)46-19-14-24-50(41-46)62(49-39-37-45(38-40-49)51-27-15-32-58-59(51)53-26-11-13-31-57(53)63-58)56-30-16-29-55-60(56)52-25-10-12-28-54(52)61(55,47-20-6-2-7-21-47)48-22-8-3-9-23-48/h1-41H. The first-order valence-electron chi connectivity index (χ1n) is 21.7. The van der Waals surface area contributed by atoms with E-state index in [1.54, 1.807) is 0 Å². The lowest BCUT2D eigenvalue weighted by Gasteiger charge is -2.34. The van der Waals surface area contributed by atoms with Crippen LogP contribution in [0.15, 0.2) is 253 Å². The molecule has 0 amide bonds. The van der Waals surface area contributed by atoms with Crippen molar-refractivity contribution in [1.82, 2.24) is 0 Å². The molecule has 1 aliphatic carbocycles. The molecule has 0 aliphatic heterocycles. The Labute approximate surface area is 367 Å². The first-order chi connectivity index (χ1) is 31.3. The molecule has 2 heteroatoms. The molecule has 63 heavy (non-hydrogen) atoms. The van der Waals surface area contributed by atoms with Crippen LogP contribution >= 0.6 is 0 Å². The fraction of sp³-hybridized carbons (Fsp3) is 0.0164. The molecular formula is C61H41NO. The van der Waals surface area contributed by atoms with E-state index in [1.807, 2.05) is 12.1 Å². The van der Waals surface area contributed by atoms with Crippen LogP contribution in [0.25, 0.3) is 66.4 Å². The third-order valence-corrected chi connectivity index (χ3v) is 13.0.